The molecule has 3 N–H and O–H groups in total. The first-order chi connectivity index (χ1) is 6.77. The number of hydrogen-bond acceptors (Lipinski definition) is 2. The summed E-state index contributed by atoms with van der Waals surface area (Å²) in [6.45, 7) is 0.845. The van der Waals surface area contributed by atoms with Crippen molar-refractivity contribution < 1.29 is 4.79 Å². The Morgan fingerprint density at radius 2 is 2.07 bits per heavy atom. The zero-order valence-electron chi connectivity index (χ0n) is 7.94. The van der Waals surface area contributed by atoms with E-state index >= 15 is 0 Å². The third kappa shape index (κ3) is 1.77. The molecule has 1 fully saturated rings. The molecule has 1 aliphatic heterocycles. The monoisotopic (exact) mass is 190 g/mol. The summed E-state index contributed by atoms with van der Waals surface area (Å²) in [5.41, 5.74) is 6.52. The third-order valence-corrected chi connectivity index (χ3v) is 2.75. The van der Waals surface area contributed by atoms with Crippen molar-refractivity contribution in [2.45, 2.75) is 18.4 Å². The summed E-state index contributed by atoms with van der Waals surface area (Å²) in [5.74, 6) is 0.178. The molecule has 0 spiro atoms. The maximum atomic E-state index is 10.9. The van der Waals surface area contributed by atoms with Crippen LogP contribution in [0.25, 0.3) is 0 Å². The zero-order chi connectivity index (χ0) is 9.97. The van der Waals surface area contributed by atoms with Crippen molar-refractivity contribution in [2.75, 3.05) is 6.54 Å². The molecule has 0 bridgehead atoms. The highest BCUT2D eigenvalue weighted by Gasteiger charge is 2.28. The number of carbonyl (C=O) groups excluding carboxylic acids is 1. The van der Waals surface area contributed by atoms with Crippen LogP contribution in [0.5, 0.6) is 0 Å². The van der Waals surface area contributed by atoms with Crippen molar-refractivity contribution in [1.82, 2.24) is 5.32 Å². The van der Waals surface area contributed by atoms with Gasteiger partial charge in [-0.25, -0.2) is 0 Å². The molecule has 0 unspecified atom stereocenters. The number of amides is 1. The second-order valence-corrected chi connectivity index (χ2v) is 3.71. The molecule has 1 heterocycles. The lowest BCUT2D eigenvalue weighted by molar-refractivity contribution is -0.119. The first kappa shape index (κ1) is 9.21. The van der Waals surface area contributed by atoms with Gasteiger partial charge in [-0.2, -0.15) is 0 Å². The summed E-state index contributed by atoms with van der Waals surface area (Å²) in [7, 11) is 0. The van der Waals surface area contributed by atoms with E-state index in [4.69, 9.17) is 5.73 Å². The van der Waals surface area contributed by atoms with Gasteiger partial charge < -0.3 is 11.1 Å². The molecule has 1 aromatic rings. The van der Waals surface area contributed by atoms with Crippen molar-refractivity contribution in [3.63, 3.8) is 0 Å². The Hall–Kier alpha value is -1.35. The number of nitrogens with two attached hydrogens (primary N) is 1. The predicted octanol–water partition coefficient (Wildman–Crippen LogP) is 0.617. The molecule has 74 valence electrons. The van der Waals surface area contributed by atoms with E-state index in [9.17, 15) is 4.79 Å². The van der Waals surface area contributed by atoms with Crippen LogP contribution in [0.4, 0.5) is 0 Å². The fourth-order valence-corrected chi connectivity index (χ4v) is 1.93. The molecule has 0 aromatic heterocycles. The van der Waals surface area contributed by atoms with E-state index in [1.165, 1.54) is 5.56 Å². The van der Waals surface area contributed by atoms with E-state index in [-0.39, 0.29) is 11.9 Å². The quantitative estimate of drug-likeness (QED) is 0.718. The minimum absolute atomic E-state index is 0.153. The average molecular weight is 190 g/mol. The van der Waals surface area contributed by atoms with Crippen molar-refractivity contribution in [3.05, 3.63) is 35.9 Å². The lowest BCUT2D eigenvalue weighted by Gasteiger charge is -2.07. The Morgan fingerprint density at radius 3 is 2.64 bits per heavy atom. The second-order valence-electron chi connectivity index (χ2n) is 3.71. The molecule has 0 aliphatic carbocycles. The van der Waals surface area contributed by atoms with Crippen LogP contribution in [-0.4, -0.2) is 18.5 Å². The molecular weight excluding hydrogens is 176 g/mol. The molecule has 1 amide bonds. The minimum Gasteiger partial charge on any atom is -0.368 e. The highest BCUT2D eigenvalue weighted by atomic mass is 16.1. The molecule has 14 heavy (non-hydrogen) atoms. The van der Waals surface area contributed by atoms with E-state index in [1.807, 2.05) is 18.2 Å². The van der Waals surface area contributed by atoms with E-state index in [0.29, 0.717) is 5.92 Å². The Kier molecular flexibility index (Phi) is 2.50. The molecule has 1 aromatic carbocycles. The standard InChI is InChI=1S/C11H14N2O/c12-11(14)10-6-9(7-13-10)8-4-2-1-3-5-8/h1-5,9-10,13H,6-7H2,(H2,12,14)/t9-,10-/m0/s1. The number of carbonyl (C=O) groups is 1. The number of hydrogen-bond donors (Lipinski definition) is 2. The van der Waals surface area contributed by atoms with Gasteiger partial charge in [0.1, 0.15) is 0 Å². The summed E-state index contributed by atoms with van der Waals surface area (Å²) in [4.78, 5) is 10.9. The molecule has 2 rings (SSSR count). The van der Waals surface area contributed by atoms with Crippen LogP contribution >= 0.6 is 0 Å². The van der Waals surface area contributed by atoms with Crippen LogP contribution in [0.2, 0.25) is 0 Å². The molecular formula is C11H14N2O. The first-order valence-electron chi connectivity index (χ1n) is 4.85. The SMILES string of the molecule is NC(=O)[C@@H]1C[C@H](c2ccccc2)CN1. The first-order valence-corrected chi connectivity index (χ1v) is 4.85. The fraction of sp³-hybridized carbons (Fsp3) is 0.364. The molecule has 3 heteroatoms. The van der Waals surface area contributed by atoms with E-state index in [0.717, 1.165) is 13.0 Å². The van der Waals surface area contributed by atoms with Gasteiger partial charge in [0.25, 0.3) is 0 Å². The summed E-state index contributed by atoms with van der Waals surface area (Å²) >= 11 is 0. The Bertz CT molecular complexity index is 323. The van der Waals surface area contributed by atoms with Crippen molar-refractivity contribution in [2.24, 2.45) is 5.73 Å². The molecule has 1 aliphatic rings. The van der Waals surface area contributed by atoms with Crippen molar-refractivity contribution in [3.8, 4) is 0 Å². The lowest BCUT2D eigenvalue weighted by Crippen LogP contribution is -2.36. The van der Waals surface area contributed by atoms with E-state index in [2.05, 4.69) is 17.4 Å². The van der Waals surface area contributed by atoms with Gasteiger partial charge in [0.15, 0.2) is 0 Å². The van der Waals surface area contributed by atoms with Gasteiger partial charge in [-0.05, 0) is 17.9 Å². The van der Waals surface area contributed by atoms with E-state index < -0.39 is 0 Å². The smallest absolute Gasteiger partial charge is 0.234 e. The van der Waals surface area contributed by atoms with Crippen LogP contribution < -0.4 is 11.1 Å². The van der Waals surface area contributed by atoms with Crippen molar-refractivity contribution in [1.29, 1.82) is 0 Å². The van der Waals surface area contributed by atoms with Gasteiger partial charge in [-0.15, -0.1) is 0 Å². The maximum absolute atomic E-state index is 10.9. The number of rotatable bonds is 2. The van der Waals surface area contributed by atoms with Gasteiger partial charge >= 0.3 is 0 Å². The number of benzene rings is 1. The van der Waals surface area contributed by atoms with Crippen LogP contribution in [0.15, 0.2) is 30.3 Å². The number of primary amides is 1. The van der Waals surface area contributed by atoms with Crippen molar-refractivity contribution >= 4 is 5.91 Å². The van der Waals surface area contributed by atoms with Crippen LogP contribution in [0.1, 0.15) is 17.9 Å². The minimum atomic E-state index is -0.247. The summed E-state index contributed by atoms with van der Waals surface area (Å²) in [6.07, 6.45) is 0.819. The Morgan fingerprint density at radius 1 is 1.36 bits per heavy atom. The molecule has 0 saturated carbocycles. The van der Waals surface area contributed by atoms with Crippen LogP contribution in [0.3, 0.4) is 0 Å². The van der Waals surface area contributed by atoms with Gasteiger partial charge in [-0.3, -0.25) is 4.79 Å². The molecule has 2 atom stereocenters. The lowest BCUT2D eigenvalue weighted by atomic mass is 9.96. The summed E-state index contributed by atoms with van der Waals surface area (Å²) in [5, 5.41) is 3.13. The third-order valence-electron chi connectivity index (χ3n) is 2.75. The van der Waals surface area contributed by atoms with Crippen LogP contribution in [0, 0.1) is 0 Å². The average Bonchev–Trinajstić information content (AvgIpc) is 2.68. The topological polar surface area (TPSA) is 55.1 Å². The fourth-order valence-electron chi connectivity index (χ4n) is 1.93. The van der Waals surface area contributed by atoms with E-state index in [1.54, 1.807) is 0 Å². The highest BCUT2D eigenvalue weighted by Crippen LogP contribution is 2.24. The zero-order valence-corrected chi connectivity index (χ0v) is 7.94. The summed E-state index contributed by atoms with van der Waals surface area (Å²) < 4.78 is 0. The second kappa shape index (κ2) is 3.80. The van der Waals surface area contributed by atoms with Gasteiger partial charge in [0, 0.05) is 6.54 Å². The molecule has 3 nitrogen and oxygen atoms in total. The Balaban J connectivity index is 2.06. The predicted molar refractivity (Wildman–Crippen MR) is 54.8 cm³/mol. The van der Waals surface area contributed by atoms with Gasteiger partial charge in [0.2, 0.25) is 5.91 Å². The molecule has 0 radical (unpaired) electrons. The number of nitrogens with one attached hydrogen (secondary N) is 1. The largest absolute Gasteiger partial charge is 0.368 e. The normalized spacial score (nSPS) is 26.3. The summed E-state index contributed by atoms with van der Waals surface area (Å²) in [6, 6.07) is 10.1. The van der Waals surface area contributed by atoms with Gasteiger partial charge in [-0.1, -0.05) is 30.3 Å². The maximum Gasteiger partial charge on any atom is 0.234 e. The van der Waals surface area contributed by atoms with Crippen LogP contribution in [-0.2, 0) is 4.79 Å². The highest BCUT2D eigenvalue weighted by molar-refractivity contribution is 5.80. The molecule has 1 saturated heterocycles. The van der Waals surface area contributed by atoms with Gasteiger partial charge in [0.05, 0.1) is 6.04 Å². The Labute approximate surface area is 83.3 Å².